The monoisotopic (exact) mass is 815 g/mol. The van der Waals surface area contributed by atoms with E-state index >= 15 is 0 Å². The van der Waals surface area contributed by atoms with Gasteiger partial charge in [0.15, 0.2) is 5.78 Å². The molecule has 0 bridgehead atoms. The molecule has 3 aliphatic rings. The van der Waals surface area contributed by atoms with Crippen LogP contribution in [0.2, 0.25) is 0 Å². The van der Waals surface area contributed by atoms with Gasteiger partial charge in [0.2, 0.25) is 17.5 Å². The molecule has 12 atom stereocenters. The highest BCUT2D eigenvalue weighted by Crippen LogP contribution is 2.44. The van der Waals surface area contributed by atoms with Gasteiger partial charge in [-0.3, -0.25) is 9.59 Å². The number of amides is 1. The summed E-state index contributed by atoms with van der Waals surface area (Å²) < 4.78 is 30.0. The van der Waals surface area contributed by atoms with Crippen LogP contribution in [-0.4, -0.2) is 101 Å². The van der Waals surface area contributed by atoms with E-state index in [0.29, 0.717) is 12.0 Å². The fraction of sp³-hybridized carbons (Fsp3) is 0.636. The number of cyclic esters (lactones) is 1. The van der Waals surface area contributed by atoms with E-state index in [-0.39, 0.29) is 60.1 Å². The summed E-state index contributed by atoms with van der Waals surface area (Å²) in [6, 6.07) is 0. The molecule has 2 aliphatic heterocycles. The number of esters is 2. The molecule has 1 amide bonds. The molecule has 0 spiro atoms. The minimum Gasteiger partial charge on any atom is -0.510 e. The minimum atomic E-state index is -1.94. The lowest BCUT2D eigenvalue weighted by Gasteiger charge is -2.51. The number of methoxy groups -OCH3 is 2. The second-order valence-electron chi connectivity index (χ2n) is 16.5. The first kappa shape index (κ1) is 48.3. The molecule has 5 N–H and O–H groups in total. The number of aliphatic hydroxyl groups excluding tert-OH is 4. The molecule has 14 heteroatoms. The van der Waals surface area contributed by atoms with Crippen molar-refractivity contribution in [2.75, 3.05) is 14.2 Å². The Morgan fingerprint density at radius 3 is 2.28 bits per heavy atom. The van der Waals surface area contributed by atoms with Gasteiger partial charge in [-0.05, 0) is 38.2 Å². The van der Waals surface area contributed by atoms with E-state index in [1.54, 1.807) is 32.9 Å². The Hall–Kier alpha value is -4.08. The van der Waals surface area contributed by atoms with Gasteiger partial charge in [-0.25, -0.2) is 9.59 Å². The Morgan fingerprint density at radius 2 is 1.69 bits per heavy atom. The predicted molar refractivity (Wildman–Crippen MR) is 215 cm³/mol. The van der Waals surface area contributed by atoms with Gasteiger partial charge in [0.05, 0.1) is 31.5 Å². The van der Waals surface area contributed by atoms with Crippen molar-refractivity contribution in [3.05, 3.63) is 70.9 Å². The number of ketones is 1. The number of ether oxygens (including phenoxy) is 5. The first-order valence-corrected chi connectivity index (χ1v) is 20.1. The molecular formula is C44H65NO13. The average molecular weight is 816 g/mol. The van der Waals surface area contributed by atoms with Crippen LogP contribution < -0.4 is 5.32 Å². The van der Waals surface area contributed by atoms with Crippen molar-refractivity contribution in [3.63, 3.8) is 0 Å². The molecule has 2 heterocycles. The maximum atomic E-state index is 13.8. The number of nitrogens with one attached hydrogen (secondary N) is 1. The second-order valence-corrected chi connectivity index (χ2v) is 16.5. The third-order valence-electron chi connectivity index (χ3n) is 11.5. The number of hydrogen-bond acceptors (Lipinski definition) is 13. The normalized spacial score (nSPS) is 35.5. The van der Waals surface area contributed by atoms with Crippen molar-refractivity contribution in [1.29, 1.82) is 0 Å². The molecule has 3 rings (SSSR count). The van der Waals surface area contributed by atoms with Crippen LogP contribution in [0.3, 0.4) is 0 Å². The quantitative estimate of drug-likeness (QED) is 0.137. The zero-order chi connectivity index (χ0) is 43.6. The summed E-state index contributed by atoms with van der Waals surface area (Å²) in [5.41, 5.74) is 1.42. The molecule has 14 nitrogen and oxygen atoms in total. The molecule has 1 fully saturated rings. The Bertz CT molecular complexity index is 1670. The number of carbonyl (C=O) groups excluding carboxylic acids is 4. The van der Waals surface area contributed by atoms with Crippen molar-refractivity contribution in [3.8, 4) is 0 Å². The third kappa shape index (κ3) is 12.2. The number of aliphatic hydroxyl groups is 4. The Labute approximate surface area is 342 Å². The maximum absolute atomic E-state index is 13.8. The van der Waals surface area contributed by atoms with Crippen molar-refractivity contribution >= 4 is 23.6 Å². The molecular weight excluding hydrogens is 750 g/mol. The number of rotatable bonds is 11. The first-order valence-electron chi connectivity index (χ1n) is 20.1. The molecule has 1 unspecified atom stereocenters. The van der Waals surface area contributed by atoms with Gasteiger partial charge in [-0.2, -0.15) is 0 Å². The average Bonchev–Trinajstić information content (AvgIpc) is 3.48. The van der Waals surface area contributed by atoms with Crippen molar-refractivity contribution in [1.82, 2.24) is 5.32 Å². The lowest BCUT2D eigenvalue weighted by molar-refractivity contribution is -0.331. The zero-order valence-corrected chi connectivity index (χ0v) is 35.8. The SMILES string of the molecule is CO/C1=C/C(C)=C/[C@@H](C)[C@H](O)[C@@H](C)C/C(C)=C/C=C/[C@H](OC)C([C@@H](C)[C@@H](O)[C@H](C)[C@]2(OC(=O)/C=C/C(=O)NC3=C(O)CCC3=O)C[C@H](O)[C@@H](C)[C@H](C(C)C)O2)OC1=O. The molecule has 1 aliphatic carbocycles. The number of carbonyl (C=O) groups is 4. The highest BCUT2D eigenvalue weighted by atomic mass is 16.7. The summed E-state index contributed by atoms with van der Waals surface area (Å²) >= 11 is 0. The van der Waals surface area contributed by atoms with Gasteiger partial charge in [0.1, 0.15) is 23.7 Å². The van der Waals surface area contributed by atoms with Crippen LogP contribution >= 0.6 is 0 Å². The molecule has 1 saturated heterocycles. The maximum Gasteiger partial charge on any atom is 0.373 e. The second kappa shape index (κ2) is 21.3. The summed E-state index contributed by atoms with van der Waals surface area (Å²) in [7, 11) is 2.77. The van der Waals surface area contributed by atoms with E-state index in [0.717, 1.165) is 17.7 Å². The smallest absolute Gasteiger partial charge is 0.373 e. The lowest BCUT2D eigenvalue weighted by Crippen LogP contribution is -2.60. The summed E-state index contributed by atoms with van der Waals surface area (Å²) in [6.45, 7) is 16.4. The molecule has 0 saturated carbocycles. The molecule has 58 heavy (non-hydrogen) atoms. The summed E-state index contributed by atoms with van der Waals surface area (Å²) in [6.07, 6.45) is 5.14. The van der Waals surface area contributed by atoms with Crippen LogP contribution in [-0.2, 0) is 42.9 Å². The third-order valence-corrected chi connectivity index (χ3v) is 11.5. The van der Waals surface area contributed by atoms with E-state index in [2.05, 4.69) is 5.32 Å². The van der Waals surface area contributed by atoms with Crippen molar-refractivity contribution in [2.24, 2.45) is 35.5 Å². The summed E-state index contributed by atoms with van der Waals surface area (Å²) in [5, 5.41) is 46.9. The van der Waals surface area contributed by atoms with E-state index in [9.17, 15) is 39.6 Å². The van der Waals surface area contributed by atoms with Gasteiger partial charge in [0.25, 0.3) is 0 Å². The predicted octanol–water partition coefficient (Wildman–Crippen LogP) is 5.05. The van der Waals surface area contributed by atoms with Crippen LogP contribution in [0.1, 0.15) is 88.0 Å². The van der Waals surface area contributed by atoms with Crippen LogP contribution in [0.5, 0.6) is 0 Å². The highest BCUT2D eigenvalue weighted by molar-refractivity contribution is 6.04. The summed E-state index contributed by atoms with van der Waals surface area (Å²) in [4.78, 5) is 52.0. The molecule has 0 radical (unpaired) electrons. The first-order chi connectivity index (χ1) is 27.2. The Kier molecular flexibility index (Phi) is 17.7. The minimum absolute atomic E-state index is 0.0490. The number of Topliss-reactive ketones (excluding diaryl/α,β-unsaturated/α-hetero) is 1. The molecule has 0 aromatic heterocycles. The van der Waals surface area contributed by atoms with Gasteiger partial charge in [-0.15, -0.1) is 0 Å². The number of hydrogen-bond donors (Lipinski definition) is 5. The van der Waals surface area contributed by atoms with Crippen LogP contribution in [0.15, 0.2) is 70.9 Å². The Balaban J connectivity index is 2.05. The number of allylic oxidation sites excluding steroid dienone is 7. The topological polar surface area (TPSA) is 207 Å². The fourth-order valence-electron chi connectivity index (χ4n) is 7.98. The largest absolute Gasteiger partial charge is 0.510 e. The van der Waals surface area contributed by atoms with Crippen LogP contribution in [0, 0.1) is 35.5 Å². The van der Waals surface area contributed by atoms with E-state index < -0.39 is 77.9 Å². The van der Waals surface area contributed by atoms with Crippen molar-refractivity contribution in [2.45, 2.75) is 130 Å². The van der Waals surface area contributed by atoms with Gasteiger partial charge in [0, 0.05) is 62.2 Å². The molecule has 0 aromatic rings. The summed E-state index contributed by atoms with van der Waals surface area (Å²) in [5.74, 6) is -8.33. The standard InChI is InChI=1S/C44H65NO13/c1-23(2)41-28(7)33(48)22-44(58-41,57-37(50)18-17-36(49)45-38-31(46)15-16-32(38)47)30(9)40(52)29(8)42-34(54-10)14-12-13-24(3)19-26(5)39(51)27(6)20-25(4)21-35(55-11)43(53)56-42/h12-14,17-18,20-21,23,26-30,33-34,39-42,46,48,51-52H,15-16,19,22H2,1-11H3,(H,45,49)/b14-12+,18-17+,24-13+,25-20+,35-21+/t26-,27+,28+,29-,30-,33-,34-,39+,40+,41-,42?,44-/m0/s1. The fourth-order valence-corrected chi connectivity index (χ4v) is 7.98. The van der Waals surface area contributed by atoms with Crippen molar-refractivity contribution < 1.29 is 63.3 Å². The van der Waals surface area contributed by atoms with Gasteiger partial charge < -0.3 is 49.4 Å². The van der Waals surface area contributed by atoms with E-state index in [4.69, 9.17) is 23.7 Å². The van der Waals surface area contributed by atoms with Crippen LogP contribution in [0.25, 0.3) is 0 Å². The van der Waals surface area contributed by atoms with E-state index in [1.807, 2.05) is 53.7 Å². The molecule has 0 aromatic carbocycles. The molecule has 324 valence electrons. The highest BCUT2D eigenvalue weighted by Gasteiger charge is 2.55. The zero-order valence-electron chi connectivity index (χ0n) is 35.8. The van der Waals surface area contributed by atoms with E-state index in [1.165, 1.54) is 20.3 Å². The van der Waals surface area contributed by atoms with Gasteiger partial charge in [-0.1, -0.05) is 83.9 Å². The Morgan fingerprint density at radius 1 is 1.02 bits per heavy atom. The van der Waals surface area contributed by atoms with Crippen LogP contribution in [0.4, 0.5) is 0 Å². The van der Waals surface area contributed by atoms with Gasteiger partial charge >= 0.3 is 11.9 Å². The lowest BCUT2D eigenvalue weighted by atomic mass is 9.76.